The van der Waals surface area contributed by atoms with Gasteiger partial charge in [0.25, 0.3) is 0 Å². The van der Waals surface area contributed by atoms with Gasteiger partial charge in [0, 0.05) is 30.7 Å². The Labute approximate surface area is 226 Å². The van der Waals surface area contributed by atoms with Gasteiger partial charge in [0.1, 0.15) is 18.3 Å². The summed E-state index contributed by atoms with van der Waals surface area (Å²) in [6.45, 7) is 0.910. The molecule has 0 radical (unpaired) electrons. The lowest BCUT2D eigenvalue weighted by Gasteiger charge is -2.21. The molecule has 0 spiro atoms. The van der Waals surface area contributed by atoms with E-state index >= 15 is 0 Å². The van der Waals surface area contributed by atoms with E-state index < -0.39 is 43.4 Å². The van der Waals surface area contributed by atoms with Crippen LogP contribution in [0.2, 0.25) is 0 Å². The van der Waals surface area contributed by atoms with Crippen LogP contribution in [0.5, 0.6) is 0 Å². The van der Waals surface area contributed by atoms with Crippen LogP contribution in [-0.2, 0) is 18.9 Å². The Hall–Kier alpha value is -2.10. The molecule has 9 nitrogen and oxygen atoms in total. The molecule has 0 amide bonds. The molecular weight excluding hydrogens is 543 g/mol. The van der Waals surface area contributed by atoms with Crippen molar-refractivity contribution < 1.29 is 32.1 Å². The smallest absolute Gasteiger partial charge is 0.382 e. The number of hydrogen-bond donors (Lipinski definition) is 1. The van der Waals surface area contributed by atoms with Gasteiger partial charge in [-0.1, -0.05) is 42.1 Å². The Kier molecular flexibility index (Phi) is 8.65. The molecule has 14 heteroatoms. The summed E-state index contributed by atoms with van der Waals surface area (Å²) in [4.78, 5) is 13.6. The highest BCUT2D eigenvalue weighted by Crippen LogP contribution is 2.45. The van der Waals surface area contributed by atoms with Crippen LogP contribution in [0.15, 0.2) is 41.8 Å². The highest BCUT2D eigenvalue weighted by atomic mass is 32.2. The summed E-state index contributed by atoms with van der Waals surface area (Å²) in [7, 11) is 1.59. The quantitative estimate of drug-likeness (QED) is 0.199. The summed E-state index contributed by atoms with van der Waals surface area (Å²) in [6.07, 6.45) is -4.10. The normalized spacial score (nSPS) is 25.2. The Morgan fingerprint density at radius 3 is 2.61 bits per heavy atom. The largest absolute Gasteiger partial charge is 0.389 e. The molecule has 206 valence electrons. The zero-order valence-electron chi connectivity index (χ0n) is 20.8. The number of nitrogens with zero attached hydrogens (tertiary/aromatic N) is 4. The summed E-state index contributed by atoms with van der Waals surface area (Å²) in [6, 6.07) is 9.63. The van der Waals surface area contributed by atoms with Gasteiger partial charge in [-0.2, -0.15) is 24.9 Å². The number of anilines is 1. The molecule has 1 aromatic carbocycles. The Morgan fingerprint density at radius 2 is 1.87 bits per heavy atom. The Bertz CT molecular complexity index is 1220. The van der Waals surface area contributed by atoms with E-state index in [2.05, 4.69) is 20.3 Å². The molecule has 1 N–H and O–H groups in total. The third-order valence-corrected chi connectivity index (χ3v) is 7.60. The van der Waals surface area contributed by atoms with Crippen LogP contribution in [0, 0.1) is 0 Å². The number of imidazole rings is 1. The maximum absolute atomic E-state index is 12.8. The summed E-state index contributed by atoms with van der Waals surface area (Å²) in [5, 5.41) is 3.47. The Balaban J connectivity index is 1.46. The van der Waals surface area contributed by atoms with Crippen molar-refractivity contribution in [3.8, 4) is 0 Å². The fraction of sp³-hybridized carbons (Fsp3) is 0.542. The van der Waals surface area contributed by atoms with E-state index in [1.165, 1.54) is 0 Å². The number of thioether (sulfide) groups is 2. The molecule has 2 unspecified atom stereocenters. The molecule has 2 saturated heterocycles. The maximum atomic E-state index is 12.8. The molecule has 0 saturated carbocycles. The van der Waals surface area contributed by atoms with Gasteiger partial charge in [-0.15, -0.1) is 0 Å². The van der Waals surface area contributed by atoms with Gasteiger partial charge in [-0.25, -0.2) is 15.0 Å². The number of aromatic nitrogens is 4. The minimum Gasteiger partial charge on any atom is -0.382 e. The topological polar surface area (TPSA) is 92.6 Å². The van der Waals surface area contributed by atoms with Crippen LogP contribution in [0.4, 0.5) is 19.0 Å². The van der Waals surface area contributed by atoms with E-state index in [0.29, 0.717) is 30.1 Å². The number of methoxy groups -OCH3 is 1. The maximum Gasteiger partial charge on any atom is 0.389 e. The molecule has 5 atom stereocenters. The molecule has 0 bridgehead atoms. The zero-order chi connectivity index (χ0) is 26.7. The Morgan fingerprint density at radius 1 is 1.08 bits per heavy atom. The lowest BCUT2D eigenvalue weighted by Crippen LogP contribution is -2.31. The van der Waals surface area contributed by atoms with E-state index in [0.717, 1.165) is 23.1 Å². The molecule has 4 heterocycles. The third kappa shape index (κ3) is 6.05. The minimum absolute atomic E-state index is 0.191. The summed E-state index contributed by atoms with van der Waals surface area (Å²) in [5.41, 5.74) is 1.83. The first kappa shape index (κ1) is 27.5. The minimum atomic E-state index is -4.25. The number of benzene rings is 1. The lowest BCUT2D eigenvalue weighted by molar-refractivity contribution is -0.155. The van der Waals surface area contributed by atoms with E-state index in [1.54, 1.807) is 29.8 Å². The zero-order valence-corrected chi connectivity index (χ0v) is 22.4. The molecular formula is C24H28F3N5O4S2. The van der Waals surface area contributed by atoms with Crippen molar-refractivity contribution >= 4 is 40.5 Å². The second kappa shape index (κ2) is 12.0. The van der Waals surface area contributed by atoms with Gasteiger partial charge in [-0.3, -0.25) is 4.57 Å². The summed E-state index contributed by atoms with van der Waals surface area (Å²) in [5.74, 6) is 1.10. The highest BCUT2D eigenvalue weighted by molar-refractivity contribution is 7.99. The van der Waals surface area contributed by atoms with E-state index in [4.69, 9.17) is 18.9 Å². The fourth-order valence-electron chi connectivity index (χ4n) is 4.42. The number of nitrogens with one attached hydrogen (secondary N) is 1. The molecule has 2 aromatic heterocycles. The number of alkyl halides is 3. The molecule has 2 aliphatic heterocycles. The average molecular weight is 572 g/mol. The van der Waals surface area contributed by atoms with Crippen molar-refractivity contribution in [1.82, 2.24) is 19.5 Å². The van der Waals surface area contributed by atoms with Crippen molar-refractivity contribution in [3.63, 3.8) is 0 Å². The van der Waals surface area contributed by atoms with Crippen LogP contribution >= 0.6 is 23.5 Å². The van der Waals surface area contributed by atoms with Gasteiger partial charge < -0.3 is 24.3 Å². The van der Waals surface area contributed by atoms with Crippen LogP contribution in [0.25, 0.3) is 11.2 Å². The predicted molar refractivity (Wildman–Crippen MR) is 138 cm³/mol. The number of halogens is 3. The highest BCUT2D eigenvalue weighted by Gasteiger charge is 2.54. The van der Waals surface area contributed by atoms with Crippen molar-refractivity contribution in [1.29, 1.82) is 0 Å². The van der Waals surface area contributed by atoms with Crippen LogP contribution in [-0.4, -0.2) is 82.0 Å². The SMILES string of the molecule is COC[C@H]1OC(n2cnc3c(NCCSC)nc(SCCC(F)(F)F)nc32)[C@@H]2OC(c3ccccc3)O[C@H]12. The monoisotopic (exact) mass is 571 g/mol. The van der Waals surface area contributed by atoms with Crippen LogP contribution in [0.1, 0.15) is 24.5 Å². The van der Waals surface area contributed by atoms with Crippen LogP contribution < -0.4 is 5.32 Å². The van der Waals surface area contributed by atoms with Gasteiger partial charge in [0.15, 0.2) is 34.7 Å². The number of ether oxygens (including phenoxy) is 4. The molecule has 2 aliphatic rings. The lowest BCUT2D eigenvalue weighted by atomic mass is 10.1. The van der Waals surface area contributed by atoms with Gasteiger partial charge in [0.05, 0.1) is 19.4 Å². The predicted octanol–water partition coefficient (Wildman–Crippen LogP) is 4.67. The summed E-state index contributed by atoms with van der Waals surface area (Å²) < 4.78 is 64.3. The second-order valence-corrected chi connectivity index (χ2v) is 10.8. The third-order valence-electron chi connectivity index (χ3n) is 6.14. The molecule has 5 rings (SSSR count). The first-order valence-electron chi connectivity index (χ1n) is 12.0. The summed E-state index contributed by atoms with van der Waals surface area (Å²) >= 11 is 2.61. The van der Waals surface area contributed by atoms with Crippen molar-refractivity contribution in [3.05, 3.63) is 42.2 Å². The van der Waals surface area contributed by atoms with E-state index in [1.807, 2.05) is 36.6 Å². The van der Waals surface area contributed by atoms with Crippen molar-refractivity contribution in [2.45, 2.75) is 48.6 Å². The fourth-order valence-corrected chi connectivity index (χ4v) is 5.55. The second-order valence-electron chi connectivity index (χ2n) is 8.78. The molecule has 3 aromatic rings. The van der Waals surface area contributed by atoms with Crippen molar-refractivity contribution in [2.75, 3.05) is 43.3 Å². The molecule has 0 aliphatic carbocycles. The molecule has 38 heavy (non-hydrogen) atoms. The molecule has 2 fully saturated rings. The van der Waals surface area contributed by atoms with E-state index in [9.17, 15) is 13.2 Å². The first-order chi connectivity index (χ1) is 18.4. The van der Waals surface area contributed by atoms with E-state index in [-0.39, 0.29) is 10.9 Å². The first-order valence-corrected chi connectivity index (χ1v) is 14.4. The van der Waals surface area contributed by atoms with Gasteiger partial charge in [0.2, 0.25) is 0 Å². The van der Waals surface area contributed by atoms with Crippen LogP contribution in [0.3, 0.4) is 0 Å². The number of hydrogen-bond acceptors (Lipinski definition) is 10. The standard InChI is InChI=1S/C24H28F3N5O4S2/c1-33-12-15-17-18(36-22(35-17)14-6-4-3-5-7-14)21(34-15)32-13-29-16-19(28-9-11-37-2)30-23(31-20(16)32)38-10-8-24(25,26)27/h3-7,13,15,17-18,21-22H,8-12H2,1-2H3,(H,28,30,31)/t15-,17-,18-,21?,22?/m1/s1. The number of fused-ring (bicyclic) bond motifs is 2. The van der Waals surface area contributed by atoms with Crippen molar-refractivity contribution in [2.24, 2.45) is 0 Å². The van der Waals surface area contributed by atoms with Gasteiger partial charge >= 0.3 is 6.18 Å². The van der Waals surface area contributed by atoms with Gasteiger partial charge in [-0.05, 0) is 6.26 Å². The average Bonchev–Trinajstić information content (AvgIpc) is 3.59. The number of rotatable bonds is 11.